The first-order chi connectivity index (χ1) is 16.9. The van der Waals surface area contributed by atoms with E-state index in [0.717, 1.165) is 12.1 Å². The van der Waals surface area contributed by atoms with Gasteiger partial charge in [0.2, 0.25) is 0 Å². The average molecular weight is 438 g/mol. The molecule has 0 radical (unpaired) electrons. The predicted molar refractivity (Wildman–Crippen MR) is 143 cm³/mol. The quantitative estimate of drug-likeness (QED) is 0.270. The maximum Gasteiger partial charge on any atom is 0.0785 e. The molecule has 1 unspecified atom stereocenters. The van der Waals surface area contributed by atoms with E-state index in [0.29, 0.717) is 0 Å². The van der Waals surface area contributed by atoms with Gasteiger partial charge in [-0.3, -0.25) is 4.99 Å². The van der Waals surface area contributed by atoms with Gasteiger partial charge in [0.15, 0.2) is 0 Å². The van der Waals surface area contributed by atoms with Gasteiger partial charge in [-0.15, -0.1) is 0 Å². The monoisotopic (exact) mass is 437 g/mol. The number of aromatic nitrogens is 2. The van der Waals surface area contributed by atoms with E-state index in [2.05, 4.69) is 125 Å². The zero-order chi connectivity index (χ0) is 22.5. The summed E-state index contributed by atoms with van der Waals surface area (Å²) >= 11 is 0. The summed E-state index contributed by atoms with van der Waals surface area (Å²) in [5.41, 5.74) is 7.20. The lowest BCUT2D eigenvalue weighted by atomic mass is 10.0. The number of para-hydroxylation sites is 2. The molecule has 34 heavy (non-hydrogen) atoms. The Morgan fingerprint density at radius 2 is 1.44 bits per heavy atom. The normalized spacial score (nSPS) is 15.9. The van der Waals surface area contributed by atoms with E-state index in [1.807, 2.05) is 6.21 Å². The maximum atomic E-state index is 4.95. The van der Waals surface area contributed by atoms with Crippen molar-refractivity contribution in [3.63, 3.8) is 0 Å². The molecule has 6 aromatic rings. The molecule has 3 nitrogen and oxygen atoms in total. The minimum absolute atomic E-state index is 0.181. The van der Waals surface area contributed by atoms with E-state index >= 15 is 0 Å². The number of allylic oxidation sites excluding steroid dienone is 1. The molecule has 0 aliphatic carbocycles. The molecule has 3 heterocycles. The fourth-order valence-corrected chi connectivity index (χ4v) is 5.25. The van der Waals surface area contributed by atoms with Gasteiger partial charge in [-0.2, -0.15) is 0 Å². The molecule has 0 bridgehead atoms. The SMILES string of the molecule is C1=NC(c2ccccc2)CC=C1n1c2ccccc2c2cc3ccn(-c4ccccc4)c3cc21. The number of fused-ring (bicyclic) bond motifs is 4. The smallest absolute Gasteiger partial charge is 0.0785 e. The first kappa shape index (κ1) is 19.1. The highest BCUT2D eigenvalue weighted by Crippen LogP contribution is 2.36. The van der Waals surface area contributed by atoms with Crippen LogP contribution in [-0.4, -0.2) is 15.3 Å². The maximum absolute atomic E-state index is 4.95. The largest absolute Gasteiger partial charge is 0.316 e. The van der Waals surface area contributed by atoms with Gasteiger partial charge in [0.25, 0.3) is 0 Å². The standard InChI is InChI=1S/C31H23N3/c1-3-9-22(10-4-1)28-16-15-25(21-32-28)34-29-14-8-7-13-26(29)27-19-23-17-18-33(30(23)20-31(27)34)24-11-5-2-6-12-24/h1-15,17-21,28H,16H2. The Hall–Kier alpha value is -4.37. The second kappa shape index (κ2) is 7.60. The second-order valence-electron chi connectivity index (χ2n) is 8.87. The summed E-state index contributed by atoms with van der Waals surface area (Å²) in [6.45, 7) is 0. The minimum Gasteiger partial charge on any atom is -0.316 e. The topological polar surface area (TPSA) is 22.2 Å². The number of dihydropyridines is 1. The molecule has 7 rings (SSSR count). The van der Waals surface area contributed by atoms with Crippen molar-refractivity contribution in [1.82, 2.24) is 9.13 Å². The second-order valence-corrected chi connectivity index (χ2v) is 8.87. The fraction of sp³-hybridized carbons (Fsp3) is 0.0645. The van der Waals surface area contributed by atoms with Gasteiger partial charge in [0.1, 0.15) is 0 Å². The number of rotatable bonds is 3. The van der Waals surface area contributed by atoms with E-state index in [1.165, 1.54) is 44.0 Å². The van der Waals surface area contributed by atoms with E-state index < -0.39 is 0 Å². The molecular formula is C31H23N3. The van der Waals surface area contributed by atoms with Crippen LogP contribution in [0.4, 0.5) is 0 Å². The van der Waals surface area contributed by atoms with Crippen LogP contribution in [0.15, 0.2) is 120 Å². The molecule has 0 amide bonds. The van der Waals surface area contributed by atoms with Crippen molar-refractivity contribution in [3.8, 4) is 5.69 Å². The van der Waals surface area contributed by atoms with Crippen LogP contribution in [0.25, 0.3) is 44.1 Å². The van der Waals surface area contributed by atoms with Gasteiger partial charge in [-0.1, -0.05) is 72.8 Å². The molecule has 0 saturated heterocycles. The van der Waals surface area contributed by atoms with E-state index in [-0.39, 0.29) is 6.04 Å². The molecule has 1 atom stereocenters. The molecular weight excluding hydrogens is 414 g/mol. The highest BCUT2D eigenvalue weighted by atomic mass is 15.0. The van der Waals surface area contributed by atoms with Crippen molar-refractivity contribution in [2.75, 3.05) is 0 Å². The Bertz CT molecular complexity index is 1720. The number of benzene rings is 4. The zero-order valence-corrected chi connectivity index (χ0v) is 18.7. The molecule has 162 valence electrons. The number of nitrogens with zero attached hydrogens (tertiary/aromatic N) is 3. The van der Waals surface area contributed by atoms with Gasteiger partial charge in [-0.05, 0) is 48.4 Å². The van der Waals surface area contributed by atoms with Crippen LogP contribution in [-0.2, 0) is 0 Å². The summed E-state index contributed by atoms with van der Waals surface area (Å²) in [4.78, 5) is 4.95. The summed E-state index contributed by atoms with van der Waals surface area (Å²) in [5.74, 6) is 0. The summed E-state index contributed by atoms with van der Waals surface area (Å²) < 4.78 is 4.64. The number of hydrogen-bond acceptors (Lipinski definition) is 1. The highest BCUT2D eigenvalue weighted by molar-refractivity contribution is 6.18. The third-order valence-corrected chi connectivity index (χ3v) is 6.90. The summed E-state index contributed by atoms with van der Waals surface area (Å²) in [6, 6.07) is 36.8. The Kier molecular flexibility index (Phi) is 4.28. The van der Waals surface area contributed by atoms with Crippen LogP contribution in [0, 0.1) is 0 Å². The molecule has 3 heteroatoms. The van der Waals surface area contributed by atoms with Crippen LogP contribution in [0.3, 0.4) is 0 Å². The van der Waals surface area contributed by atoms with Crippen LogP contribution in [0.5, 0.6) is 0 Å². The molecule has 0 fully saturated rings. The highest BCUT2D eigenvalue weighted by Gasteiger charge is 2.18. The van der Waals surface area contributed by atoms with Gasteiger partial charge in [-0.25, -0.2) is 0 Å². The van der Waals surface area contributed by atoms with Crippen molar-refractivity contribution in [2.45, 2.75) is 12.5 Å². The Balaban J connectivity index is 1.43. The third-order valence-electron chi connectivity index (χ3n) is 6.90. The molecule has 0 saturated carbocycles. The molecule has 0 spiro atoms. The summed E-state index contributed by atoms with van der Waals surface area (Å²) in [7, 11) is 0. The van der Waals surface area contributed by atoms with Crippen molar-refractivity contribution in [1.29, 1.82) is 0 Å². The Labute approximate surface area is 197 Å². The van der Waals surface area contributed by atoms with Crippen molar-refractivity contribution in [3.05, 3.63) is 121 Å². The molecule has 2 aromatic heterocycles. The average Bonchev–Trinajstić information content (AvgIpc) is 3.47. The third kappa shape index (κ3) is 2.94. The summed E-state index contributed by atoms with van der Waals surface area (Å²) in [6.07, 6.45) is 7.44. The van der Waals surface area contributed by atoms with Gasteiger partial charge >= 0.3 is 0 Å². The fourth-order valence-electron chi connectivity index (χ4n) is 5.25. The lowest BCUT2D eigenvalue weighted by molar-refractivity contribution is 0.739. The van der Waals surface area contributed by atoms with Gasteiger partial charge in [0, 0.05) is 34.3 Å². The van der Waals surface area contributed by atoms with Crippen LogP contribution in [0.2, 0.25) is 0 Å². The van der Waals surface area contributed by atoms with E-state index in [4.69, 9.17) is 4.99 Å². The van der Waals surface area contributed by atoms with E-state index in [9.17, 15) is 0 Å². The van der Waals surface area contributed by atoms with E-state index in [1.54, 1.807) is 0 Å². The van der Waals surface area contributed by atoms with Gasteiger partial charge < -0.3 is 9.13 Å². The van der Waals surface area contributed by atoms with Crippen molar-refractivity contribution >= 4 is 44.6 Å². The number of hydrogen-bond donors (Lipinski definition) is 0. The van der Waals surface area contributed by atoms with Crippen molar-refractivity contribution in [2.24, 2.45) is 4.99 Å². The first-order valence-electron chi connectivity index (χ1n) is 11.8. The molecule has 1 aliphatic heterocycles. The Morgan fingerprint density at radius 1 is 0.676 bits per heavy atom. The first-order valence-corrected chi connectivity index (χ1v) is 11.8. The van der Waals surface area contributed by atoms with Crippen LogP contribution in [0.1, 0.15) is 18.0 Å². The van der Waals surface area contributed by atoms with Crippen molar-refractivity contribution < 1.29 is 0 Å². The molecule has 0 N–H and O–H groups in total. The lowest BCUT2D eigenvalue weighted by Gasteiger charge is -2.18. The predicted octanol–water partition coefficient (Wildman–Crippen LogP) is 7.80. The minimum atomic E-state index is 0.181. The zero-order valence-electron chi connectivity index (χ0n) is 18.7. The summed E-state index contributed by atoms with van der Waals surface area (Å²) in [5, 5.41) is 3.79. The molecule has 1 aliphatic rings. The number of aliphatic imine (C=N–C) groups is 1. The van der Waals surface area contributed by atoms with Crippen LogP contribution < -0.4 is 0 Å². The Morgan fingerprint density at radius 3 is 2.24 bits per heavy atom. The lowest BCUT2D eigenvalue weighted by Crippen LogP contribution is -2.06. The van der Waals surface area contributed by atoms with Crippen LogP contribution >= 0.6 is 0 Å². The molecule has 4 aromatic carbocycles. The van der Waals surface area contributed by atoms with Gasteiger partial charge in [0.05, 0.1) is 28.3 Å².